The average Bonchev–Trinajstić information content (AvgIpc) is 3.43. The summed E-state index contributed by atoms with van der Waals surface area (Å²) in [5.74, 6) is 1.37. The summed E-state index contributed by atoms with van der Waals surface area (Å²) >= 11 is 1.72. The largest absolute Gasteiger partial charge is 0.493 e. The fourth-order valence-corrected chi connectivity index (χ4v) is 5.06. The van der Waals surface area contributed by atoms with Gasteiger partial charge in [-0.1, -0.05) is 0 Å². The molecule has 4 aromatic rings. The number of methoxy groups -OCH3 is 3. The van der Waals surface area contributed by atoms with Gasteiger partial charge in [-0.05, 0) is 57.5 Å². The number of hydrogen-bond acceptors (Lipinski definition) is 7. The second-order valence-corrected chi connectivity index (χ2v) is 9.98. The van der Waals surface area contributed by atoms with E-state index in [0.717, 1.165) is 27.1 Å². The van der Waals surface area contributed by atoms with Crippen LogP contribution in [-0.4, -0.2) is 42.0 Å². The Kier molecular flexibility index (Phi) is 6.98. The maximum Gasteiger partial charge on any atom is 0.252 e. The second kappa shape index (κ2) is 9.95. The quantitative estimate of drug-likeness (QED) is 0.357. The molecule has 8 nitrogen and oxygen atoms in total. The molecule has 0 bridgehead atoms. The van der Waals surface area contributed by atoms with E-state index < -0.39 is 0 Å². The third-order valence-electron chi connectivity index (χ3n) is 5.80. The topological polar surface area (TPSA) is 87.5 Å². The Bertz CT molecular complexity index is 1360. The van der Waals surface area contributed by atoms with Crippen LogP contribution in [0, 0.1) is 13.8 Å². The third-order valence-corrected chi connectivity index (χ3v) is 6.76. The van der Waals surface area contributed by atoms with Crippen molar-refractivity contribution in [1.29, 1.82) is 0 Å². The summed E-state index contributed by atoms with van der Waals surface area (Å²) in [7, 11) is 4.69. The lowest BCUT2D eigenvalue weighted by Crippen LogP contribution is -2.23. The molecule has 0 saturated heterocycles. The summed E-state index contributed by atoms with van der Waals surface area (Å²) < 4.78 is 18.1. The number of amides is 1. The predicted octanol–water partition coefficient (Wildman–Crippen LogP) is 5.31. The first-order chi connectivity index (χ1) is 16.8. The van der Waals surface area contributed by atoms with Gasteiger partial charge in [-0.25, -0.2) is 9.67 Å². The lowest BCUT2D eigenvalue weighted by molar-refractivity contribution is 0.0952. The number of nitrogens with one attached hydrogen (secondary N) is 1. The van der Waals surface area contributed by atoms with E-state index in [2.05, 4.69) is 30.3 Å². The van der Waals surface area contributed by atoms with Gasteiger partial charge in [-0.15, -0.1) is 11.3 Å². The number of carbonyl (C=O) groups excluding carboxylic acids is 1. The van der Waals surface area contributed by atoms with Crippen LogP contribution in [0.25, 0.3) is 22.3 Å². The Morgan fingerprint density at radius 2 is 1.74 bits per heavy atom. The molecule has 1 amide bonds. The Balaban J connectivity index is 1.72. The van der Waals surface area contributed by atoms with Gasteiger partial charge < -0.3 is 19.5 Å². The van der Waals surface area contributed by atoms with Crippen molar-refractivity contribution < 1.29 is 19.0 Å². The molecule has 0 saturated carbocycles. The van der Waals surface area contributed by atoms with Crippen LogP contribution in [0.4, 0.5) is 0 Å². The molecule has 9 heteroatoms. The summed E-state index contributed by atoms with van der Waals surface area (Å²) in [6.07, 6.45) is 1.71. The third kappa shape index (κ3) is 4.68. The van der Waals surface area contributed by atoms with Gasteiger partial charge in [0, 0.05) is 27.9 Å². The van der Waals surface area contributed by atoms with Crippen molar-refractivity contribution in [3.05, 3.63) is 51.3 Å². The van der Waals surface area contributed by atoms with Gasteiger partial charge in [0.2, 0.25) is 5.75 Å². The number of aromatic nitrogens is 3. The van der Waals surface area contributed by atoms with Crippen LogP contribution < -0.4 is 19.5 Å². The summed E-state index contributed by atoms with van der Waals surface area (Å²) in [5, 5.41) is 8.26. The number of thiophene rings is 1. The lowest BCUT2D eigenvalue weighted by atomic mass is 10.1. The maximum absolute atomic E-state index is 13.5. The van der Waals surface area contributed by atoms with Crippen LogP contribution >= 0.6 is 11.3 Å². The standard InChI is InChI=1S/C26H30N4O4S/c1-14(2)30-25-20(13-28-30)19(11-21(29-25)18-8-15(3)35-16(18)4)26(31)27-12-17-9-22(32-5)24(34-7)23(10-17)33-6/h8-11,13-14H,12H2,1-7H3,(H,27,31). The van der Waals surface area contributed by atoms with Crippen molar-refractivity contribution in [2.45, 2.75) is 40.3 Å². The molecule has 3 heterocycles. The highest BCUT2D eigenvalue weighted by Gasteiger charge is 2.20. The summed E-state index contributed by atoms with van der Waals surface area (Å²) in [5.41, 5.74) is 3.84. The van der Waals surface area contributed by atoms with Crippen LogP contribution in [0.5, 0.6) is 17.2 Å². The highest BCUT2D eigenvalue weighted by molar-refractivity contribution is 7.12. The lowest BCUT2D eigenvalue weighted by Gasteiger charge is -2.15. The second-order valence-electron chi connectivity index (χ2n) is 8.52. The molecule has 35 heavy (non-hydrogen) atoms. The van der Waals surface area contributed by atoms with Crippen molar-refractivity contribution >= 4 is 28.3 Å². The van der Waals surface area contributed by atoms with Gasteiger partial charge in [-0.3, -0.25) is 4.79 Å². The van der Waals surface area contributed by atoms with E-state index >= 15 is 0 Å². The molecular weight excluding hydrogens is 464 g/mol. The number of aryl methyl sites for hydroxylation is 2. The highest BCUT2D eigenvalue weighted by atomic mass is 32.1. The molecule has 1 aromatic carbocycles. The van der Waals surface area contributed by atoms with E-state index in [-0.39, 0.29) is 18.5 Å². The molecule has 0 aliphatic heterocycles. The SMILES string of the molecule is COc1cc(CNC(=O)c2cc(-c3cc(C)sc3C)nc3c2cnn3C(C)C)cc(OC)c1OC. The number of hydrogen-bond donors (Lipinski definition) is 1. The van der Waals surface area contributed by atoms with Crippen LogP contribution in [-0.2, 0) is 6.54 Å². The van der Waals surface area contributed by atoms with Crippen molar-refractivity contribution in [1.82, 2.24) is 20.1 Å². The zero-order valence-corrected chi connectivity index (χ0v) is 21.9. The minimum absolute atomic E-state index is 0.107. The van der Waals surface area contributed by atoms with E-state index in [1.54, 1.807) is 38.9 Å². The van der Waals surface area contributed by atoms with Gasteiger partial charge in [0.15, 0.2) is 17.1 Å². The van der Waals surface area contributed by atoms with Gasteiger partial charge in [0.25, 0.3) is 5.91 Å². The van der Waals surface area contributed by atoms with Crippen LogP contribution in [0.3, 0.4) is 0 Å². The molecule has 0 aliphatic carbocycles. The molecule has 0 aliphatic rings. The van der Waals surface area contributed by atoms with E-state index in [1.807, 2.05) is 36.7 Å². The molecule has 4 rings (SSSR count). The fourth-order valence-electron chi connectivity index (χ4n) is 4.12. The number of fused-ring (bicyclic) bond motifs is 1. The Morgan fingerprint density at radius 3 is 2.29 bits per heavy atom. The van der Waals surface area contributed by atoms with Gasteiger partial charge in [0.05, 0.1) is 44.2 Å². The molecule has 0 atom stereocenters. The number of pyridine rings is 1. The van der Waals surface area contributed by atoms with Gasteiger partial charge >= 0.3 is 0 Å². The zero-order chi connectivity index (χ0) is 25.3. The molecule has 0 fully saturated rings. The highest BCUT2D eigenvalue weighted by Crippen LogP contribution is 2.38. The Labute approximate surface area is 208 Å². The smallest absolute Gasteiger partial charge is 0.252 e. The number of benzene rings is 1. The minimum atomic E-state index is -0.208. The normalized spacial score (nSPS) is 11.2. The monoisotopic (exact) mass is 494 g/mol. The van der Waals surface area contributed by atoms with Gasteiger partial charge in [-0.2, -0.15) is 5.10 Å². The van der Waals surface area contributed by atoms with Crippen LogP contribution in [0.15, 0.2) is 30.5 Å². The molecule has 3 aromatic heterocycles. The minimum Gasteiger partial charge on any atom is -0.493 e. The summed E-state index contributed by atoms with van der Waals surface area (Å²) in [6.45, 7) is 8.52. The number of nitrogens with zero attached hydrogens (tertiary/aromatic N) is 3. The first kappa shape index (κ1) is 24.5. The van der Waals surface area contributed by atoms with Crippen molar-refractivity contribution in [3.8, 4) is 28.5 Å². The predicted molar refractivity (Wildman–Crippen MR) is 138 cm³/mol. The fraction of sp³-hybridized carbons (Fsp3) is 0.346. The van der Waals surface area contributed by atoms with E-state index in [1.165, 1.54) is 4.88 Å². The summed E-state index contributed by atoms with van der Waals surface area (Å²) in [6, 6.07) is 7.72. The Hall–Kier alpha value is -3.59. The van der Waals surface area contributed by atoms with Crippen molar-refractivity contribution in [2.24, 2.45) is 0 Å². The molecule has 0 radical (unpaired) electrons. The first-order valence-corrected chi connectivity index (χ1v) is 12.1. The molecule has 184 valence electrons. The number of rotatable bonds is 8. The molecule has 0 unspecified atom stereocenters. The molecule has 1 N–H and O–H groups in total. The van der Waals surface area contributed by atoms with Crippen molar-refractivity contribution in [3.63, 3.8) is 0 Å². The first-order valence-electron chi connectivity index (χ1n) is 11.3. The van der Waals surface area contributed by atoms with Crippen LogP contribution in [0.1, 0.15) is 45.6 Å². The number of carbonyl (C=O) groups is 1. The van der Waals surface area contributed by atoms with E-state index in [0.29, 0.717) is 28.5 Å². The van der Waals surface area contributed by atoms with E-state index in [4.69, 9.17) is 19.2 Å². The van der Waals surface area contributed by atoms with E-state index in [9.17, 15) is 4.79 Å². The summed E-state index contributed by atoms with van der Waals surface area (Å²) in [4.78, 5) is 20.7. The maximum atomic E-state index is 13.5. The Morgan fingerprint density at radius 1 is 1.06 bits per heavy atom. The molecular formula is C26H30N4O4S. The van der Waals surface area contributed by atoms with Gasteiger partial charge in [0.1, 0.15) is 0 Å². The molecule has 0 spiro atoms. The zero-order valence-electron chi connectivity index (χ0n) is 21.1. The number of ether oxygens (including phenoxy) is 3. The van der Waals surface area contributed by atoms with Crippen LogP contribution in [0.2, 0.25) is 0 Å². The average molecular weight is 495 g/mol. The van der Waals surface area contributed by atoms with Crippen molar-refractivity contribution in [2.75, 3.05) is 21.3 Å².